The highest BCUT2D eigenvalue weighted by atomic mass is 79.9. The average Bonchev–Trinajstić information content (AvgIpc) is 2.80. The fourth-order valence-electron chi connectivity index (χ4n) is 1.32. The molecule has 0 atom stereocenters. The van der Waals surface area contributed by atoms with Crippen LogP contribution in [0.15, 0.2) is 39.8 Å². The molecule has 1 aromatic carbocycles. The molecule has 94 valence electrons. The van der Waals surface area contributed by atoms with Gasteiger partial charge in [0.05, 0.1) is 12.7 Å². The predicted molar refractivity (Wildman–Crippen MR) is 71.8 cm³/mol. The summed E-state index contributed by atoms with van der Waals surface area (Å²) in [6.07, 6.45) is 1.43. The van der Waals surface area contributed by atoms with Crippen molar-refractivity contribution in [2.75, 3.05) is 5.75 Å². The molecular formula is C11H10BrN3O2S. The molecular weight excluding hydrogens is 318 g/mol. The van der Waals surface area contributed by atoms with E-state index < -0.39 is 5.97 Å². The van der Waals surface area contributed by atoms with Gasteiger partial charge in [-0.1, -0.05) is 17.3 Å². The third-order valence-electron chi connectivity index (χ3n) is 2.17. The molecule has 0 aliphatic heterocycles. The molecule has 7 heteroatoms. The Kier molecular flexibility index (Phi) is 4.38. The minimum absolute atomic E-state index is 0.0270. The third-order valence-corrected chi connectivity index (χ3v) is 4.18. The Bertz CT molecular complexity index is 559. The first-order chi connectivity index (χ1) is 8.66. The molecule has 0 saturated heterocycles. The van der Waals surface area contributed by atoms with Gasteiger partial charge in [0.25, 0.3) is 0 Å². The number of thioether (sulfide) groups is 1. The number of aromatic nitrogens is 3. The maximum Gasteiger partial charge on any atom is 0.358 e. The van der Waals surface area contributed by atoms with Crippen LogP contribution in [-0.4, -0.2) is 31.8 Å². The summed E-state index contributed by atoms with van der Waals surface area (Å²) < 4.78 is 2.59. The maximum atomic E-state index is 10.6. The molecule has 1 heterocycles. The lowest BCUT2D eigenvalue weighted by atomic mass is 10.4. The quantitative estimate of drug-likeness (QED) is 0.854. The number of aryl methyl sites for hydroxylation is 1. The summed E-state index contributed by atoms with van der Waals surface area (Å²) in [5.74, 6) is -0.259. The van der Waals surface area contributed by atoms with E-state index in [1.54, 1.807) is 11.8 Å². The van der Waals surface area contributed by atoms with Crippen molar-refractivity contribution in [3.63, 3.8) is 0 Å². The molecule has 0 saturated carbocycles. The van der Waals surface area contributed by atoms with E-state index >= 15 is 0 Å². The molecule has 2 aromatic rings. The molecule has 1 aromatic heterocycles. The lowest BCUT2D eigenvalue weighted by Gasteiger charge is -2.03. The number of hydrogen-bond donors (Lipinski definition) is 1. The molecule has 2 rings (SSSR count). The Morgan fingerprint density at radius 2 is 2.22 bits per heavy atom. The monoisotopic (exact) mass is 327 g/mol. The number of carboxylic acids is 1. The molecule has 0 unspecified atom stereocenters. The predicted octanol–water partition coefficient (Wildman–Crippen LogP) is 2.53. The second-order valence-electron chi connectivity index (χ2n) is 3.45. The molecule has 0 spiro atoms. The summed E-state index contributed by atoms with van der Waals surface area (Å²) in [4.78, 5) is 11.8. The van der Waals surface area contributed by atoms with Gasteiger partial charge in [0, 0.05) is 15.1 Å². The fourth-order valence-corrected chi connectivity index (χ4v) is 2.82. The number of nitrogens with zero attached hydrogens (tertiary/aromatic N) is 3. The summed E-state index contributed by atoms with van der Waals surface area (Å²) in [6, 6.07) is 7.95. The second-order valence-corrected chi connectivity index (χ2v) is 5.44. The van der Waals surface area contributed by atoms with E-state index in [1.165, 1.54) is 10.9 Å². The van der Waals surface area contributed by atoms with Gasteiger partial charge in [0.1, 0.15) is 0 Å². The number of hydrogen-bond acceptors (Lipinski definition) is 4. The summed E-state index contributed by atoms with van der Waals surface area (Å²) in [5, 5.41) is 16.0. The van der Waals surface area contributed by atoms with Crippen LogP contribution in [-0.2, 0) is 6.54 Å². The van der Waals surface area contributed by atoms with E-state index in [2.05, 4.69) is 26.2 Å². The zero-order valence-electron chi connectivity index (χ0n) is 9.28. The van der Waals surface area contributed by atoms with Crippen molar-refractivity contribution in [2.24, 2.45) is 0 Å². The van der Waals surface area contributed by atoms with Crippen molar-refractivity contribution in [2.45, 2.75) is 11.4 Å². The van der Waals surface area contributed by atoms with E-state index in [-0.39, 0.29) is 5.69 Å². The molecule has 0 aliphatic rings. The van der Waals surface area contributed by atoms with Gasteiger partial charge in [-0.2, -0.15) is 0 Å². The number of benzene rings is 1. The van der Waals surface area contributed by atoms with Crippen molar-refractivity contribution in [1.29, 1.82) is 0 Å². The van der Waals surface area contributed by atoms with Gasteiger partial charge >= 0.3 is 5.97 Å². The summed E-state index contributed by atoms with van der Waals surface area (Å²) in [5.41, 5.74) is -0.0270. The van der Waals surface area contributed by atoms with Crippen LogP contribution in [0.4, 0.5) is 0 Å². The molecule has 1 N–H and O–H groups in total. The Morgan fingerprint density at radius 1 is 1.44 bits per heavy atom. The highest BCUT2D eigenvalue weighted by Gasteiger charge is 2.08. The van der Waals surface area contributed by atoms with Gasteiger partial charge in [-0.25, -0.2) is 4.79 Å². The molecule has 18 heavy (non-hydrogen) atoms. The van der Waals surface area contributed by atoms with E-state index in [0.717, 1.165) is 15.1 Å². The lowest BCUT2D eigenvalue weighted by Crippen LogP contribution is -2.01. The zero-order valence-corrected chi connectivity index (χ0v) is 11.7. The third kappa shape index (κ3) is 3.33. The van der Waals surface area contributed by atoms with Gasteiger partial charge in [0.2, 0.25) is 0 Å². The van der Waals surface area contributed by atoms with Gasteiger partial charge in [-0.05, 0) is 28.1 Å². The molecule has 0 fully saturated rings. The first-order valence-corrected chi connectivity index (χ1v) is 6.95. The first kappa shape index (κ1) is 13.1. The lowest BCUT2D eigenvalue weighted by molar-refractivity contribution is 0.0690. The fraction of sp³-hybridized carbons (Fsp3) is 0.182. The molecule has 0 bridgehead atoms. The number of carboxylic acid groups (broad SMARTS) is 1. The molecule has 0 radical (unpaired) electrons. The van der Waals surface area contributed by atoms with Crippen molar-refractivity contribution >= 4 is 33.7 Å². The number of carbonyl (C=O) groups is 1. The molecule has 0 aliphatic carbocycles. The van der Waals surface area contributed by atoms with E-state index in [9.17, 15) is 4.79 Å². The van der Waals surface area contributed by atoms with Crippen LogP contribution < -0.4 is 0 Å². The Balaban J connectivity index is 1.88. The van der Waals surface area contributed by atoms with Crippen LogP contribution in [0.2, 0.25) is 0 Å². The molecule has 5 nitrogen and oxygen atoms in total. The van der Waals surface area contributed by atoms with Crippen LogP contribution in [0, 0.1) is 0 Å². The van der Waals surface area contributed by atoms with Crippen LogP contribution in [0.3, 0.4) is 0 Å². The van der Waals surface area contributed by atoms with Crippen LogP contribution in [0.1, 0.15) is 10.5 Å². The largest absolute Gasteiger partial charge is 0.476 e. The Morgan fingerprint density at radius 3 is 2.89 bits per heavy atom. The minimum Gasteiger partial charge on any atom is -0.476 e. The SMILES string of the molecule is O=C(O)c1cn(CCSc2ccccc2Br)nn1. The summed E-state index contributed by atoms with van der Waals surface area (Å²) in [6.45, 7) is 0.617. The standard InChI is InChI=1S/C11H10BrN3O2S/c12-8-3-1-2-4-10(8)18-6-5-15-7-9(11(16)17)13-14-15/h1-4,7H,5-6H2,(H,16,17). The summed E-state index contributed by atoms with van der Waals surface area (Å²) >= 11 is 5.15. The number of aromatic carboxylic acids is 1. The van der Waals surface area contributed by atoms with Crippen molar-refractivity contribution < 1.29 is 9.90 Å². The van der Waals surface area contributed by atoms with Gasteiger partial charge < -0.3 is 5.11 Å². The van der Waals surface area contributed by atoms with Crippen molar-refractivity contribution in [1.82, 2.24) is 15.0 Å². The van der Waals surface area contributed by atoms with Crippen molar-refractivity contribution in [3.8, 4) is 0 Å². The minimum atomic E-state index is -1.06. The first-order valence-electron chi connectivity index (χ1n) is 5.17. The van der Waals surface area contributed by atoms with Gasteiger partial charge in [0.15, 0.2) is 5.69 Å². The van der Waals surface area contributed by atoms with Gasteiger partial charge in [-0.15, -0.1) is 16.9 Å². The van der Waals surface area contributed by atoms with E-state index in [1.807, 2.05) is 24.3 Å². The Labute approximate surface area is 116 Å². The smallest absolute Gasteiger partial charge is 0.358 e. The maximum absolute atomic E-state index is 10.6. The number of rotatable bonds is 5. The highest BCUT2D eigenvalue weighted by molar-refractivity contribution is 9.10. The zero-order chi connectivity index (χ0) is 13.0. The summed E-state index contributed by atoms with van der Waals surface area (Å²) in [7, 11) is 0. The average molecular weight is 328 g/mol. The van der Waals surface area contributed by atoms with E-state index in [0.29, 0.717) is 6.54 Å². The Hall–Kier alpha value is -1.34. The van der Waals surface area contributed by atoms with Crippen LogP contribution in [0.5, 0.6) is 0 Å². The highest BCUT2D eigenvalue weighted by Crippen LogP contribution is 2.26. The topological polar surface area (TPSA) is 68.0 Å². The number of halogens is 1. The van der Waals surface area contributed by atoms with E-state index in [4.69, 9.17) is 5.11 Å². The van der Waals surface area contributed by atoms with Gasteiger partial charge in [-0.3, -0.25) is 4.68 Å². The molecule has 0 amide bonds. The van der Waals surface area contributed by atoms with Crippen LogP contribution in [0.25, 0.3) is 0 Å². The second kappa shape index (κ2) is 6.01. The van der Waals surface area contributed by atoms with Crippen LogP contribution >= 0.6 is 27.7 Å². The van der Waals surface area contributed by atoms with Crippen molar-refractivity contribution in [3.05, 3.63) is 40.6 Å². The normalized spacial score (nSPS) is 10.5.